The van der Waals surface area contributed by atoms with Gasteiger partial charge in [-0.1, -0.05) is 24.3 Å². The van der Waals surface area contributed by atoms with Crippen molar-refractivity contribution in [3.63, 3.8) is 0 Å². The van der Waals surface area contributed by atoms with Crippen LogP contribution in [0.25, 0.3) is 0 Å². The highest BCUT2D eigenvalue weighted by atomic mass is 19.4. The second kappa shape index (κ2) is 13.1. The van der Waals surface area contributed by atoms with Gasteiger partial charge in [-0.3, -0.25) is 0 Å². The first-order chi connectivity index (χ1) is 20.6. The lowest BCUT2D eigenvalue weighted by Crippen LogP contribution is -2.63. The van der Waals surface area contributed by atoms with Crippen molar-refractivity contribution < 1.29 is 76.8 Å². The van der Waals surface area contributed by atoms with Crippen LogP contribution in [0.4, 0.5) is 57.9 Å². The summed E-state index contributed by atoms with van der Waals surface area (Å²) in [5, 5.41) is 0. The Morgan fingerprint density at radius 2 is 0.891 bits per heavy atom. The molecule has 2 aromatic carbocycles. The lowest BCUT2D eigenvalue weighted by atomic mass is 9.74. The molecule has 0 bridgehead atoms. The Balaban J connectivity index is 2.72. The molecule has 46 heavy (non-hydrogen) atoms. The quantitative estimate of drug-likeness (QED) is 0.149. The number of hydrogen-bond donors (Lipinski definition) is 0. The van der Waals surface area contributed by atoms with Crippen LogP contribution in [0.2, 0.25) is 0 Å². The van der Waals surface area contributed by atoms with Gasteiger partial charge in [-0.15, -0.1) is 0 Å². The van der Waals surface area contributed by atoms with E-state index in [9.17, 15) is 49.1 Å². The molecular weight excluding hydrogens is 653 g/mol. The van der Waals surface area contributed by atoms with Crippen molar-refractivity contribution in [3.8, 4) is 11.5 Å². The van der Waals surface area contributed by atoms with Crippen molar-refractivity contribution in [2.24, 2.45) is 5.92 Å². The summed E-state index contributed by atoms with van der Waals surface area (Å²) in [4.78, 5) is 23.9. The highest BCUT2D eigenvalue weighted by Gasteiger charge is 2.81. The summed E-state index contributed by atoms with van der Waals surface area (Å²) in [7, 11) is 0. The van der Waals surface area contributed by atoms with E-state index in [1.165, 1.54) is 41.5 Å². The summed E-state index contributed by atoms with van der Waals surface area (Å²) in [5.41, 5.74) is -3.82. The minimum atomic E-state index is -7.22. The fourth-order valence-electron chi connectivity index (χ4n) is 3.96. The van der Waals surface area contributed by atoms with Gasteiger partial charge in [0.1, 0.15) is 28.6 Å². The number of rotatable bonds is 9. The van der Waals surface area contributed by atoms with Crippen LogP contribution in [0.3, 0.4) is 0 Å². The molecule has 0 saturated carbocycles. The van der Waals surface area contributed by atoms with Gasteiger partial charge < -0.3 is 18.9 Å². The molecule has 0 aliphatic rings. The Hall–Kier alpha value is -3.79. The summed E-state index contributed by atoms with van der Waals surface area (Å²) in [5.74, 6) is -29.5. The average Bonchev–Trinajstić information content (AvgIpc) is 2.84. The minimum absolute atomic E-state index is 0.414. The van der Waals surface area contributed by atoms with Gasteiger partial charge in [0.05, 0.1) is 0 Å². The maximum Gasteiger partial charge on any atom is 0.514 e. The van der Waals surface area contributed by atoms with Crippen LogP contribution < -0.4 is 9.47 Å². The van der Waals surface area contributed by atoms with E-state index in [0.717, 1.165) is 24.3 Å². The first-order valence-electron chi connectivity index (χ1n) is 13.1. The third-order valence-electron chi connectivity index (χ3n) is 5.85. The molecule has 258 valence electrons. The molecule has 1 atom stereocenters. The molecule has 0 amide bonds. The standard InChI is InChI=1S/C29H29F11O6/c1-24(2,3)45-22(41)43-17-11-7-15(8-12-17)19(16-9-13-18(14-10-16)44-23(42)46-25(4,5)6)20(28(36,37)38)26(32,33)29(39,40)27(34,35)21(30)31/h7-14,19-21H,1-6H3. The third-order valence-corrected chi connectivity index (χ3v) is 5.85. The summed E-state index contributed by atoms with van der Waals surface area (Å²) >= 11 is 0. The minimum Gasteiger partial charge on any atom is -0.428 e. The van der Waals surface area contributed by atoms with E-state index in [1.807, 2.05) is 0 Å². The van der Waals surface area contributed by atoms with Crippen LogP contribution in [0.15, 0.2) is 48.5 Å². The van der Waals surface area contributed by atoms with Crippen molar-refractivity contribution in [3.05, 3.63) is 59.7 Å². The van der Waals surface area contributed by atoms with Crippen molar-refractivity contribution >= 4 is 12.3 Å². The summed E-state index contributed by atoms with van der Waals surface area (Å²) < 4.78 is 175. The maximum absolute atomic E-state index is 15.2. The second-order valence-corrected chi connectivity index (χ2v) is 11.9. The molecule has 0 aliphatic heterocycles. The van der Waals surface area contributed by atoms with Crippen LogP contribution in [-0.4, -0.2) is 53.9 Å². The van der Waals surface area contributed by atoms with Gasteiger partial charge >= 0.3 is 42.7 Å². The molecule has 0 heterocycles. The summed E-state index contributed by atoms with van der Waals surface area (Å²) in [6.45, 7) is 8.81. The highest BCUT2D eigenvalue weighted by Crippen LogP contribution is 2.59. The number of carbonyl (C=O) groups is 2. The molecule has 0 N–H and O–H groups in total. The zero-order valence-corrected chi connectivity index (χ0v) is 25.0. The Bertz CT molecular complexity index is 1270. The number of ether oxygens (including phenoxy) is 4. The van der Waals surface area contributed by atoms with Crippen molar-refractivity contribution in [2.75, 3.05) is 0 Å². The Kier molecular flexibility index (Phi) is 11.0. The lowest BCUT2D eigenvalue weighted by Gasteiger charge is -2.41. The number of hydrogen-bond acceptors (Lipinski definition) is 6. The predicted octanol–water partition coefficient (Wildman–Crippen LogP) is 9.80. The van der Waals surface area contributed by atoms with Crippen molar-refractivity contribution in [1.29, 1.82) is 0 Å². The Morgan fingerprint density at radius 1 is 0.565 bits per heavy atom. The lowest BCUT2D eigenvalue weighted by molar-refractivity contribution is -0.376. The fraction of sp³-hybridized carbons (Fsp3) is 0.517. The first kappa shape index (κ1) is 38.4. The first-order valence-corrected chi connectivity index (χ1v) is 13.1. The molecule has 2 rings (SSSR count). The molecule has 2 aromatic rings. The molecule has 1 unspecified atom stereocenters. The largest absolute Gasteiger partial charge is 0.514 e. The monoisotopic (exact) mass is 682 g/mol. The summed E-state index contributed by atoms with van der Waals surface area (Å²) in [6, 6.07) is 5.60. The van der Waals surface area contributed by atoms with Crippen LogP contribution in [0.5, 0.6) is 11.5 Å². The zero-order chi connectivity index (χ0) is 35.7. The molecule has 0 fully saturated rings. The zero-order valence-electron chi connectivity index (χ0n) is 25.0. The maximum atomic E-state index is 15.2. The van der Waals surface area contributed by atoms with Gasteiger partial charge in [0, 0.05) is 5.92 Å². The molecule has 0 aliphatic carbocycles. The molecule has 0 saturated heterocycles. The number of benzene rings is 2. The molecular formula is C29H29F11O6. The van der Waals surface area contributed by atoms with Crippen molar-refractivity contribution in [1.82, 2.24) is 0 Å². The topological polar surface area (TPSA) is 71.1 Å². The number of halogens is 11. The predicted molar refractivity (Wildman–Crippen MR) is 139 cm³/mol. The fourth-order valence-corrected chi connectivity index (χ4v) is 3.96. The molecule has 17 heteroatoms. The molecule has 0 spiro atoms. The van der Waals surface area contributed by atoms with Crippen molar-refractivity contribution in [2.45, 2.75) is 89.0 Å². The van der Waals surface area contributed by atoms with Gasteiger partial charge in [-0.05, 0) is 76.9 Å². The van der Waals surface area contributed by atoms with Gasteiger partial charge in [-0.2, -0.15) is 39.5 Å². The molecule has 6 nitrogen and oxygen atoms in total. The Labute approximate surface area is 255 Å². The molecule has 0 radical (unpaired) electrons. The number of alkyl halides is 11. The van der Waals surface area contributed by atoms with E-state index >= 15 is 8.78 Å². The van der Waals surface area contributed by atoms with E-state index in [-0.39, 0.29) is 0 Å². The highest BCUT2D eigenvalue weighted by molar-refractivity contribution is 5.65. The van der Waals surface area contributed by atoms with Gasteiger partial charge in [0.25, 0.3) is 0 Å². The van der Waals surface area contributed by atoms with E-state index < -0.39 is 88.3 Å². The van der Waals surface area contributed by atoms with Crippen LogP contribution in [0, 0.1) is 5.92 Å². The normalized spacial score (nSPS) is 14.2. The number of carbonyl (C=O) groups excluding carboxylic acids is 2. The van der Waals surface area contributed by atoms with Crippen LogP contribution in [-0.2, 0) is 9.47 Å². The average molecular weight is 683 g/mol. The van der Waals surface area contributed by atoms with Crippen LogP contribution in [0.1, 0.15) is 58.6 Å². The second-order valence-electron chi connectivity index (χ2n) is 11.9. The summed E-state index contributed by atoms with van der Waals surface area (Å²) in [6.07, 6.45) is -14.5. The van der Waals surface area contributed by atoms with E-state index in [0.29, 0.717) is 24.3 Å². The molecule has 0 aromatic heterocycles. The SMILES string of the molecule is CC(C)(C)OC(=O)Oc1ccc(C(c2ccc(OC(=O)OC(C)(C)C)cc2)C(C(F)(F)F)C(F)(F)C(F)(F)C(F)(F)C(F)F)cc1. The van der Waals surface area contributed by atoms with E-state index in [2.05, 4.69) is 0 Å². The smallest absolute Gasteiger partial charge is 0.428 e. The Morgan fingerprint density at radius 3 is 1.15 bits per heavy atom. The van der Waals surface area contributed by atoms with E-state index in [1.54, 1.807) is 0 Å². The van der Waals surface area contributed by atoms with Gasteiger partial charge in [0.2, 0.25) is 0 Å². The van der Waals surface area contributed by atoms with Crippen LogP contribution >= 0.6 is 0 Å². The third kappa shape index (κ3) is 9.15. The van der Waals surface area contributed by atoms with Gasteiger partial charge in [0.15, 0.2) is 0 Å². The van der Waals surface area contributed by atoms with E-state index in [4.69, 9.17) is 18.9 Å². The van der Waals surface area contributed by atoms with Gasteiger partial charge in [-0.25, -0.2) is 18.4 Å².